The van der Waals surface area contributed by atoms with E-state index in [1.165, 1.54) is 5.57 Å². The number of carbonyl (C=O) groups excluding carboxylic acids is 2. The first-order chi connectivity index (χ1) is 12.3. The Bertz CT molecular complexity index is 729. The zero-order valence-electron chi connectivity index (χ0n) is 16.0. The molecule has 1 saturated heterocycles. The van der Waals surface area contributed by atoms with Gasteiger partial charge < -0.3 is 15.0 Å². The molecule has 1 aliphatic carbocycles. The molecule has 1 aromatic carbocycles. The van der Waals surface area contributed by atoms with Gasteiger partial charge in [0.15, 0.2) is 0 Å². The lowest BCUT2D eigenvalue weighted by Crippen LogP contribution is -2.40. The number of anilines is 1. The zero-order chi connectivity index (χ0) is 18.9. The van der Waals surface area contributed by atoms with E-state index in [1.54, 1.807) is 17.0 Å². The number of hydrogen-bond donors (Lipinski definition) is 1. The summed E-state index contributed by atoms with van der Waals surface area (Å²) < 4.78 is 5.30. The van der Waals surface area contributed by atoms with Gasteiger partial charge in [0.25, 0.3) is 5.91 Å². The third-order valence-electron chi connectivity index (χ3n) is 5.38. The number of ether oxygens (including phenoxy) is 1. The fourth-order valence-corrected chi connectivity index (χ4v) is 3.75. The molecule has 2 atom stereocenters. The molecule has 1 saturated carbocycles. The summed E-state index contributed by atoms with van der Waals surface area (Å²) in [6, 6.07) is 7.20. The van der Waals surface area contributed by atoms with Crippen LogP contribution in [0.4, 0.5) is 5.69 Å². The van der Waals surface area contributed by atoms with Crippen LogP contribution in [-0.4, -0.2) is 43.0 Å². The summed E-state index contributed by atoms with van der Waals surface area (Å²) in [5.74, 6) is 0.244. The monoisotopic (exact) mass is 356 g/mol. The van der Waals surface area contributed by atoms with Crippen molar-refractivity contribution in [3.05, 3.63) is 41.5 Å². The largest absolute Gasteiger partial charge is 0.378 e. The Kier molecular flexibility index (Phi) is 5.19. The quantitative estimate of drug-likeness (QED) is 0.842. The highest BCUT2D eigenvalue weighted by atomic mass is 16.5. The van der Waals surface area contributed by atoms with Crippen molar-refractivity contribution in [2.45, 2.75) is 27.7 Å². The SMILES string of the molecule is CC(C)=C[C@H]1[C@H](C(=O)Nc2cccc(C(=O)N3CCOCC3)c2)C1(C)C. The van der Waals surface area contributed by atoms with Crippen molar-refractivity contribution in [1.82, 2.24) is 4.90 Å². The van der Waals surface area contributed by atoms with Crippen molar-refractivity contribution >= 4 is 17.5 Å². The average Bonchev–Trinajstić information content (AvgIpc) is 3.14. The van der Waals surface area contributed by atoms with Crippen LogP contribution >= 0.6 is 0 Å². The lowest BCUT2D eigenvalue weighted by Gasteiger charge is -2.27. The summed E-state index contributed by atoms with van der Waals surface area (Å²) in [5.41, 5.74) is 2.48. The van der Waals surface area contributed by atoms with E-state index < -0.39 is 0 Å². The number of nitrogens with one attached hydrogen (secondary N) is 1. The van der Waals surface area contributed by atoms with E-state index in [9.17, 15) is 9.59 Å². The molecule has 1 aromatic rings. The summed E-state index contributed by atoms with van der Waals surface area (Å²) in [6.45, 7) is 10.7. The molecule has 3 rings (SSSR count). The highest BCUT2D eigenvalue weighted by Gasteiger charge is 2.60. The van der Waals surface area contributed by atoms with Crippen LogP contribution < -0.4 is 5.32 Å². The van der Waals surface area contributed by atoms with E-state index >= 15 is 0 Å². The van der Waals surface area contributed by atoms with E-state index in [4.69, 9.17) is 4.74 Å². The highest BCUT2D eigenvalue weighted by molar-refractivity contribution is 5.99. The normalized spacial score (nSPS) is 23.9. The van der Waals surface area contributed by atoms with Crippen LogP contribution in [0.2, 0.25) is 0 Å². The Morgan fingerprint density at radius 3 is 2.58 bits per heavy atom. The smallest absolute Gasteiger partial charge is 0.254 e. The van der Waals surface area contributed by atoms with Gasteiger partial charge in [0.1, 0.15) is 0 Å². The summed E-state index contributed by atoms with van der Waals surface area (Å²) in [6.07, 6.45) is 2.18. The number of allylic oxidation sites excluding steroid dienone is 2. The predicted molar refractivity (Wildman–Crippen MR) is 102 cm³/mol. The second-order valence-electron chi connectivity index (χ2n) is 8.04. The van der Waals surface area contributed by atoms with Crippen LogP contribution in [0.5, 0.6) is 0 Å². The third-order valence-corrected chi connectivity index (χ3v) is 5.38. The summed E-state index contributed by atoms with van der Waals surface area (Å²) >= 11 is 0. The molecule has 2 amide bonds. The lowest BCUT2D eigenvalue weighted by atomic mass is 10.1. The Morgan fingerprint density at radius 2 is 1.92 bits per heavy atom. The van der Waals surface area contributed by atoms with E-state index in [0.717, 1.165) is 0 Å². The van der Waals surface area contributed by atoms with Crippen molar-refractivity contribution in [3.63, 3.8) is 0 Å². The Balaban J connectivity index is 1.68. The van der Waals surface area contributed by atoms with Crippen LogP contribution in [0.1, 0.15) is 38.1 Å². The zero-order valence-corrected chi connectivity index (χ0v) is 16.0. The fraction of sp³-hybridized carbons (Fsp3) is 0.524. The molecule has 2 fully saturated rings. The maximum absolute atomic E-state index is 12.7. The molecule has 0 radical (unpaired) electrons. The third kappa shape index (κ3) is 3.83. The Hall–Kier alpha value is -2.14. The molecule has 0 aromatic heterocycles. The molecule has 1 heterocycles. The van der Waals surface area contributed by atoms with Crippen LogP contribution in [-0.2, 0) is 9.53 Å². The van der Waals surface area contributed by atoms with Gasteiger partial charge in [-0.15, -0.1) is 0 Å². The molecule has 1 N–H and O–H groups in total. The van der Waals surface area contributed by atoms with Gasteiger partial charge in [-0.1, -0.05) is 31.6 Å². The second-order valence-corrected chi connectivity index (χ2v) is 8.04. The minimum atomic E-state index is -0.0315. The standard InChI is InChI=1S/C21H28N2O3/c1-14(2)12-17-18(21(17,3)4)19(24)22-16-7-5-6-15(13-16)20(25)23-8-10-26-11-9-23/h5-7,12-13,17-18H,8-11H2,1-4H3,(H,22,24)/t17-,18+/m0/s1. The molecular weight excluding hydrogens is 328 g/mol. The predicted octanol–water partition coefficient (Wildman–Crippen LogP) is 3.34. The van der Waals surface area contributed by atoms with Gasteiger partial charge in [-0.25, -0.2) is 0 Å². The van der Waals surface area contributed by atoms with Crippen LogP contribution in [0.25, 0.3) is 0 Å². The molecule has 2 aliphatic rings. The van der Waals surface area contributed by atoms with Gasteiger partial charge in [0, 0.05) is 24.3 Å². The summed E-state index contributed by atoms with van der Waals surface area (Å²) in [5, 5.41) is 3.00. The number of amides is 2. The molecular formula is C21H28N2O3. The minimum Gasteiger partial charge on any atom is -0.378 e. The molecule has 140 valence electrons. The maximum atomic E-state index is 12.7. The van der Waals surface area contributed by atoms with E-state index in [1.807, 2.05) is 12.1 Å². The van der Waals surface area contributed by atoms with E-state index in [0.29, 0.717) is 37.6 Å². The van der Waals surface area contributed by atoms with Crippen molar-refractivity contribution < 1.29 is 14.3 Å². The van der Waals surface area contributed by atoms with Gasteiger partial charge >= 0.3 is 0 Å². The molecule has 0 unspecified atom stereocenters. The van der Waals surface area contributed by atoms with Crippen molar-refractivity contribution in [3.8, 4) is 0 Å². The van der Waals surface area contributed by atoms with Gasteiger partial charge in [-0.2, -0.15) is 0 Å². The molecule has 0 spiro atoms. The first kappa shape index (κ1) is 18.6. The van der Waals surface area contributed by atoms with Crippen LogP contribution in [0.15, 0.2) is 35.9 Å². The number of carbonyl (C=O) groups is 2. The van der Waals surface area contributed by atoms with Crippen molar-refractivity contribution in [2.75, 3.05) is 31.6 Å². The summed E-state index contributed by atoms with van der Waals surface area (Å²) in [7, 11) is 0. The number of benzene rings is 1. The molecule has 5 nitrogen and oxygen atoms in total. The Labute approximate surface area is 155 Å². The molecule has 5 heteroatoms. The van der Waals surface area contributed by atoms with Gasteiger partial charge in [-0.05, 0) is 43.4 Å². The van der Waals surface area contributed by atoms with Gasteiger partial charge in [-0.3, -0.25) is 9.59 Å². The van der Waals surface area contributed by atoms with E-state index in [2.05, 4.69) is 39.1 Å². The number of rotatable bonds is 4. The van der Waals surface area contributed by atoms with Crippen LogP contribution in [0, 0.1) is 17.3 Å². The highest BCUT2D eigenvalue weighted by Crippen LogP contribution is 2.59. The minimum absolute atomic E-state index is 0.0152. The first-order valence-corrected chi connectivity index (χ1v) is 9.23. The number of nitrogens with zero attached hydrogens (tertiary/aromatic N) is 1. The topological polar surface area (TPSA) is 58.6 Å². The molecule has 1 aliphatic heterocycles. The molecule has 26 heavy (non-hydrogen) atoms. The average molecular weight is 356 g/mol. The van der Waals surface area contributed by atoms with E-state index in [-0.39, 0.29) is 29.1 Å². The Morgan fingerprint density at radius 1 is 1.23 bits per heavy atom. The van der Waals surface area contributed by atoms with Gasteiger partial charge in [0.2, 0.25) is 5.91 Å². The van der Waals surface area contributed by atoms with Crippen LogP contribution in [0.3, 0.4) is 0 Å². The van der Waals surface area contributed by atoms with Gasteiger partial charge in [0.05, 0.1) is 19.1 Å². The number of hydrogen-bond acceptors (Lipinski definition) is 3. The summed E-state index contributed by atoms with van der Waals surface area (Å²) in [4.78, 5) is 27.1. The lowest BCUT2D eigenvalue weighted by molar-refractivity contribution is -0.118. The fourth-order valence-electron chi connectivity index (χ4n) is 3.75. The first-order valence-electron chi connectivity index (χ1n) is 9.23. The van der Waals surface area contributed by atoms with Crippen molar-refractivity contribution in [1.29, 1.82) is 0 Å². The molecule has 0 bridgehead atoms. The van der Waals surface area contributed by atoms with Crippen molar-refractivity contribution in [2.24, 2.45) is 17.3 Å². The second kappa shape index (κ2) is 7.23. The number of morpholine rings is 1. The maximum Gasteiger partial charge on any atom is 0.254 e.